The molecule has 0 aromatic carbocycles. The molecule has 0 aromatic heterocycles. The molecule has 0 radical (unpaired) electrons. The Labute approximate surface area is 154 Å². The number of carbonyl (C=O) groups excluding carboxylic acids is 1. The van der Waals surface area contributed by atoms with Crippen molar-refractivity contribution in [3.05, 3.63) is 0 Å². The monoisotopic (exact) mass is 376 g/mol. The van der Waals surface area contributed by atoms with Gasteiger partial charge in [0.1, 0.15) is 5.41 Å². The van der Waals surface area contributed by atoms with E-state index in [0.29, 0.717) is 6.42 Å². The first kappa shape index (κ1) is 38.3. The van der Waals surface area contributed by atoms with Gasteiger partial charge in [-0.2, -0.15) is 0 Å². The standard InChI is InChI=1S/C15H28O3.4H2O.Ti/c1-8-12(9(2)3)13(16)15(10(4)5,11(6)7)14(17)18;;;;;/h9-12H,8H2,1-7H3,(H,17,18);4*1H2;. The van der Waals surface area contributed by atoms with E-state index in [9.17, 15) is 14.7 Å². The van der Waals surface area contributed by atoms with E-state index in [4.69, 9.17) is 0 Å². The molecule has 0 spiro atoms. The van der Waals surface area contributed by atoms with Crippen LogP contribution in [0.1, 0.15) is 54.9 Å². The van der Waals surface area contributed by atoms with Crippen molar-refractivity contribution in [3.63, 3.8) is 0 Å². The molecule has 0 fully saturated rings. The van der Waals surface area contributed by atoms with Gasteiger partial charge in [-0.3, -0.25) is 9.59 Å². The van der Waals surface area contributed by atoms with E-state index >= 15 is 0 Å². The van der Waals surface area contributed by atoms with E-state index in [0.717, 1.165) is 0 Å². The molecule has 9 N–H and O–H groups in total. The quantitative estimate of drug-likeness (QED) is 0.497. The molecule has 7 nitrogen and oxygen atoms in total. The van der Waals surface area contributed by atoms with Crippen LogP contribution in [-0.2, 0) is 31.3 Å². The topological polar surface area (TPSA) is 180 Å². The summed E-state index contributed by atoms with van der Waals surface area (Å²) in [7, 11) is 0. The predicted octanol–water partition coefficient (Wildman–Crippen LogP) is 0.319. The fourth-order valence-electron chi connectivity index (χ4n) is 3.10. The molecule has 0 aromatic rings. The van der Waals surface area contributed by atoms with Crippen molar-refractivity contribution in [2.24, 2.45) is 29.1 Å². The zero-order valence-electron chi connectivity index (χ0n) is 15.3. The van der Waals surface area contributed by atoms with Crippen LogP contribution in [-0.4, -0.2) is 38.8 Å². The molecule has 0 heterocycles. The average molecular weight is 376 g/mol. The van der Waals surface area contributed by atoms with Crippen LogP contribution >= 0.6 is 0 Å². The number of aliphatic carboxylic acids is 1. The molecule has 1 unspecified atom stereocenters. The Hall–Kier alpha value is -0.306. The van der Waals surface area contributed by atoms with Gasteiger partial charge in [0.15, 0.2) is 5.78 Å². The third-order valence-electron chi connectivity index (χ3n) is 4.16. The zero-order chi connectivity index (χ0) is 14.7. The minimum Gasteiger partial charge on any atom is -0.480 e. The number of hydrogen-bond acceptors (Lipinski definition) is 2. The van der Waals surface area contributed by atoms with Gasteiger partial charge >= 0.3 is 5.97 Å². The molecule has 1 atom stereocenters. The average Bonchev–Trinajstić information content (AvgIpc) is 2.16. The summed E-state index contributed by atoms with van der Waals surface area (Å²) >= 11 is 0. The number of carboxylic acid groups (broad SMARTS) is 1. The maximum atomic E-state index is 12.8. The summed E-state index contributed by atoms with van der Waals surface area (Å²) < 4.78 is 0. The molecule has 0 bridgehead atoms. The smallest absolute Gasteiger partial charge is 0.317 e. The van der Waals surface area contributed by atoms with Crippen molar-refractivity contribution in [1.29, 1.82) is 0 Å². The van der Waals surface area contributed by atoms with Crippen molar-refractivity contribution in [1.82, 2.24) is 0 Å². The van der Waals surface area contributed by atoms with E-state index in [2.05, 4.69) is 0 Å². The molecular formula is C15H36O7Ti. The van der Waals surface area contributed by atoms with E-state index in [1.807, 2.05) is 48.5 Å². The SMILES string of the molecule is CCC(C(=O)C(C(=O)O)(C(C)C)C(C)C)C(C)C.O.O.O.O.[Ti]. The third-order valence-corrected chi connectivity index (χ3v) is 4.16. The van der Waals surface area contributed by atoms with Crippen LogP contribution < -0.4 is 0 Å². The molecular weight excluding hydrogens is 340 g/mol. The van der Waals surface area contributed by atoms with Gasteiger partial charge in [-0.15, -0.1) is 0 Å². The summed E-state index contributed by atoms with van der Waals surface area (Å²) in [6.45, 7) is 13.3. The summed E-state index contributed by atoms with van der Waals surface area (Å²) in [5, 5.41) is 9.64. The van der Waals surface area contributed by atoms with Crippen LogP contribution in [0.2, 0.25) is 0 Å². The first-order valence-electron chi connectivity index (χ1n) is 6.91. The second-order valence-electron chi connectivity index (χ2n) is 6.11. The zero-order valence-corrected chi connectivity index (χ0v) is 16.8. The predicted molar refractivity (Wildman–Crippen MR) is 87.8 cm³/mol. The van der Waals surface area contributed by atoms with Crippen LogP contribution in [0.4, 0.5) is 0 Å². The van der Waals surface area contributed by atoms with Crippen LogP contribution in [0.25, 0.3) is 0 Å². The molecule has 0 aliphatic carbocycles. The van der Waals surface area contributed by atoms with Crippen molar-refractivity contribution >= 4 is 11.8 Å². The fourth-order valence-corrected chi connectivity index (χ4v) is 3.10. The molecule has 0 amide bonds. The van der Waals surface area contributed by atoms with Gasteiger partial charge in [0.25, 0.3) is 0 Å². The van der Waals surface area contributed by atoms with Crippen molar-refractivity contribution in [2.45, 2.75) is 54.9 Å². The Bertz CT molecular complexity index is 309. The second kappa shape index (κ2) is 15.2. The van der Waals surface area contributed by atoms with Gasteiger partial charge in [0, 0.05) is 27.6 Å². The largest absolute Gasteiger partial charge is 0.480 e. The number of rotatable bonds is 7. The van der Waals surface area contributed by atoms with Gasteiger partial charge in [0.05, 0.1) is 0 Å². The Balaban J connectivity index is -0.000000144. The Morgan fingerprint density at radius 2 is 1.17 bits per heavy atom. The number of carboxylic acids is 1. The summed E-state index contributed by atoms with van der Waals surface area (Å²) in [6.07, 6.45) is 0.699. The molecule has 142 valence electrons. The van der Waals surface area contributed by atoms with Crippen molar-refractivity contribution in [2.75, 3.05) is 0 Å². The summed E-state index contributed by atoms with van der Waals surface area (Å²) in [5.74, 6) is -1.47. The number of ketones is 1. The molecule has 0 rings (SSSR count). The fraction of sp³-hybridized carbons (Fsp3) is 0.867. The van der Waals surface area contributed by atoms with Crippen molar-refractivity contribution in [3.8, 4) is 0 Å². The van der Waals surface area contributed by atoms with Gasteiger partial charge < -0.3 is 27.0 Å². The number of carbonyl (C=O) groups is 2. The first-order chi connectivity index (χ1) is 8.13. The minimum atomic E-state index is -1.26. The van der Waals surface area contributed by atoms with Gasteiger partial charge in [-0.1, -0.05) is 48.5 Å². The van der Waals surface area contributed by atoms with Crippen LogP contribution in [0.3, 0.4) is 0 Å². The summed E-state index contributed by atoms with van der Waals surface area (Å²) in [5.41, 5.74) is -1.26. The van der Waals surface area contributed by atoms with Crippen LogP contribution in [0.15, 0.2) is 0 Å². The first-order valence-corrected chi connectivity index (χ1v) is 6.91. The molecule has 0 aliphatic heterocycles. The van der Waals surface area contributed by atoms with E-state index < -0.39 is 11.4 Å². The molecule has 23 heavy (non-hydrogen) atoms. The third kappa shape index (κ3) is 7.41. The minimum absolute atomic E-state index is 0. The van der Waals surface area contributed by atoms with Crippen molar-refractivity contribution < 1.29 is 58.3 Å². The Morgan fingerprint density at radius 3 is 1.30 bits per heavy atom. The van der Waals surface area contributed by atoms with E-state index in [1.165, 1.54) is 0 Å². The van der Waals surface area contributed by atoms with Gasteiger partial charge in [-0.05, 0) is 24.2 Å². The maximum Gasteiger partial charge on any atom is 0.317 e. The van der Waals surface area contributed by atoms with E-state index in [-0.39, 0.29) is 73.1 Å². The van der Waals surface area contributed by atoms with Crippen LogP contribution in [0, 0.1) is 29.1 Å². The number of Topliss-reactive ketones (excluding diaryl/α,β-unsaturated/α-hetero) is 1. The second-order valence-corrected chi connectivity index (χ2v) is 6.11. The normalized spacial score (nSPS) is 11.2. The van der Waals surface area contributed by atoms with Gasteiger partial charge in [-0.25, -0.2) is 0 Å². The summed E-state index contributed by atoms with van der Waals surface area (Å²) in [6, 6.07) is 0. The maximum absolute atomic E-state index is 12.8. The molecule has 0 aliphatic rings. The number of hydrogen-bond donors (Lipinski definition) is 1. The Morgan fingerprint density at radius 1 is 0.870 bits per heavy atom. The Kier molecular flexibility index (Phi) is 25.4. The molecule has 8 heteroatoms. The van der Waals surface area contributed by atoms with E-state index in [1.54, 1.807) is 0 Å². The van der Waals surface area contributed by atoms with Crippen LogP contribution in [0.5, 0.6) is 0 Å². The summed E-state index contributed by atoms with van der Waals surface area (Å²) in [4.78, 5) is 24.5. The van der Waals surface area contributed by atoms with Gasteiger partial charge in [0.2, 0.25) is 0 Å². The molecule has 0 saturated carbocycles. The molecule has 0 saturated heterocycles.